The summed E-state index contributed by atoms with van der Waals surface area (Å²) in [4.78, 5) is 4.04. The Kier molecular flexibility index (Phi) is 4.73. The lowest BCUT2D eigenvalue weighted by atomic mass is 10.3. The summed E-state index contributed by atoms with van der Waals surface area (Å²) >= 11 is 21.1. The number of nitrogens with zero attached hydrogens (tertiary/aromatic N) is 1. The van der Waals surface area contributed by atoms with Crippen molar-refractivity contribution in [3.05, 3.63) is 55.7 Å². The van der Waals surface area contributed by atoms with Crippen LogP contribution >= 0.6 is 50.7 Å². The highest BCUT2D eigenvalue weighted by Crippen LogP contribution is 2.34. The molecule has 0 N–H and O–H groups in total. The molecule has 2 nitrogen and oxygen atoms in total. The fourth-order valence-electron chi connectivity index (χ4n) is 1.31. The Hall–Kier alpha value is -0.480. The molecule has 1 aromatic carbocycles. The molecule has 1 aromatic heterocycles. The van der Waals surface area contributed by atoms with E-state index in [1.807, 2.05) is 6.07 Å². The highest BCUT2D eigenvalue weighted by atomic mass is 79.9. The van der Waals surface area contributed by atoms with Crippen molar-refractivity contribution in [3.63, 3.8) is 0 Å². The third-order valence-electron chi connectivity index (χ3n) is 2.13. The number of ether oxygens (including phenoxy) is 1. The van der Waals surface area contributed by atoms with Gasteiger partial charge in [-0.05, 0) is 28.1 Å². The molecule has 6 heteroatoms. The number of benzene rings is 1. The van der Waals surface area contributed by atoms with Crippen LogP contribution in [0.1, 0.15) is 5.56 Å². The van der Waals surface area contributed by atoms with Crippen molar-refractivity contribution in [3.8, 4) is 5.75 Å². The summed E-state index contributed by atoms with van der Waals surface area (Å²) in [5.41, 5.74) is 0.923. The summed E-state index contributed by atoms with van der Waals surface area (Å²) in [7, 11) is 0. The molecule has 0 saturated carbocycles. The first kappa shape index (κ1) is 13.9. The molecule has 0 aliphatic carbocycles. The maximum Gasteiger partial charge on any atom is 0.139 e. The Balaban J connectivity index is 2.13. The standard InChI is InChI=1S/C12H7BrCl3NO/c13-8-1-7(4-17-5-8)6-18-12-3-10(15)9(14)2-11(12)16/h1-5H,6H2. The van der Waals surface area contributed by atoms with Crippen LogP contribution in [0.5, 0.6) is 5.75 Å². The second-order valence-corrected chi connectivity index (χ2v) is 5.63. The quantitative estimate of drug-likeness (QED) is 0.679. The lowest BCUT2D eigenvalue weighted by molar-refractivity contribution is 0.306. The van der Waals surface area contributed by atoms with Gasteiger partial charge in [-0.2, -0.15) is 0 Å². The lowest BCUT2D eigenvalue weighted by Gasteiger charge is -2.09. The van der Waals surface area contributed by atoms with E-state index >= 15 is 0 Å². The molecule has 0 aliphatic heterocycles. The minimum Gasteiger partial charge on any atom is -0.487 e. The number of hydrogen-bond donors (Lipinski definition) is 0. The zero-order valence-electron chi connectivity index (χ0n) is 8.96. The number of rotatable bonds is 3. The highest BCUT2D eigenvalue weighted by Gasteiger charge is 2.07. The highest BCUT2D eigenvalue weighted by molar-refractivity contribution is 9.10. The number of halogens is 4. The molecule has 0 fully saturated rings. The van der Waals surface area contributed by atoms with Gasteiger partial charge in [-0.3, -0.25) is 4.98 Å². The van der Waals surface area contributed by atoms with E-state index in [-0.39, 0.29) is 0 Å². The van der Waals surface area contributed by atoms with Crippen LogP contribution in [-0.2, 0) is 6.61 Å². The normalized spacial score (nSPS) is 10.4. The van der Waals surface area contributed by atoms with Crippen LogP contribution in [0.3, 0.4) is 0 Å². The fraction of sp³-hybridized carbons (Fsp3) is 0.0833. The van der Waals surface area contributed by atoms with Crippen LogP contribution in [0.25, 0.3) is 0 Å². The molecule has 0 spiro atoms. The van der Waals surface area contributed by atoms with E-state index < -0.39 is 0 Å². The molecule has 0 radical (unpaired) electrons. The van der Waals surface area contributed by atoms with Crippen molar-refractivity contribution >= 4 is 50.7 Å². The molecule has 0 bridgehead atoms. The minimum absolute atomic E-state index is 0.351. The Labute approximate surface area is 128 Å². The maximum atomic E-state index is 6.01. The van der Waals surface area contributed by atoms with Gasteiger partial charge >= 0.3 is 0 Å². The first-order valence-corrected chi connectivity index (χ1v) is 6.85. The van der Waals surface area contributed by atoms with Crippen LogP contribution in [-0.4, -0.2) is 4.98 Å². The van der Waals surface area contributed by atoms with Gasteiger partial charge < -0.3 is 4.74 Å². The van der Waals surface area contributed by atoms with Crippen molar-refractivity contribution in [2.75, 3.05) is 0 Å². The van der Waals surface area contributed by atoms with Crippen molar-refractivity contribution < 1.29 is 4.74 Å². The van der Waals surface area contributed by atoms with Crippen molar-refractivity contribution in [2.45, 2.75) is 6.61 Å². The third kappa shape index (κ3) is 3.51. The van der Waals surface area contributed by atoms with Gasteiger partial charge in [-0.1, -0.05) is 34.8 Å². The average Bonchev–Trinajstić information content (AvgIpc) is 2.32. The molecule has 0 unspecified atom stereocenters. The van der Waals surface area contributed by atoms with Crippen molar-refractivity contribution in [2.24, 2.45) is 0 Å². The largest absolute Gasteiger partial charge is 0.487 e. The molecule has 0 amide bonds. The average molecular weight is 367 g/mol. The van der Waals surface area contributed by atoms with E-state index in [9.17, 15) is 0 Å². The number of aromatic nitrogens is 1. The van der Waals surface area contributed by atoms with E-state index in [0.717, 1.165) is 10.0 Å². The van der Waals surface area contributed by atoms with Crippen LogP contribution in [0.15, 0.2) is 35.1 Å². The fourth-order valence-corrected chi connectivity index (χ4v) is 2.31. The number of pyridine rings is 1. The van der Waals surface area contributed by atoms with Crippen LogP contribution in [0.2, 0.25) is 15.1 Å². The third-order valence-corrected chi connectivity index (χ3v) is 3.58. The van der Waals surface area contributed by atoms with E-state index in [1.165, 1.54) is 0 Å². The zero-order chi connectivity index (χ0) is 13.1. The molecule has 2 aromatic rings. The SMILES string of the molecule is Clc1cc(Cl)c(OCc2cncc(Br)c2)cc1Cl. The molecule has 0 aliphatic rings. The van der Waals surface area contributed by atoms with Gasteiger partial charge in [0.05, 0.1) is 15.1 Å². The van der Waals surface area contributed by atoms with Crippen LogP contribution < -0.4 is 4.74 Å². The first-order chi connectivity index (χ1) is 8.56. The maximum absolute atomic E-state index is 6.01. The molecule has 0 saturated heterocycles. The number of hydrogen-bond acceptors (Lipinski definition) is 2. The second kappa shape index (κ2) is 6.11. The van der Waals surface area contributed by atoms with Crippen LogP contribution in [0, 0.1) is 0 Å². The van der Waals surface area contributed by atoms with Gasteiger partial charge in [0.25, 0.3) is 0 Å². The first-order valence-electron chi connectivity index (χ1n) is 4.93. The van der Waals surface area contributed by atoms with Gasteiger partial charge in [0.2, 0.25) is 0 Å². The predicted molar refractivity (Wildman–Crippen MR) is 77.7 cm³/mol. The Morgan fingerprint density at radius 2 is 1.72 bits per heavy atom. The summed E-state index contributed by atoms with van der Waals surface area (Å²) in [5.74, 6) is 0.492. The molecule has 94 valence electrons. The van der Waals surface area contributed by atoms with Gasteiger partial charge in [-0.25, -0.2) is 0 Å². The monoisotopic (exact) mass is 365 g/mol. The van der Waals surface area contributed by atoms with E-state index in [0.29, 0.717) is 27.4 Å². The molecule has 1 heterocycles. The molecule has 2 rings (SSSR count). The van der Waals surface area contributed by atoms with E-state index in [2.05, 4.69) is 20.9 Å². The van der Waals surface area contributed by atoms with Gasteiger partial charge in [0.15, 0.2) is 0 Å². The van der Waals surface area contributed by atoms with Crippen LogP contribution in [0.4, 0.5) is 0 Å². The zero-order valence-corrected chi connectivity index (χ0v) is 12.8. The lowest BCUT2D eigenvalue weighted by Crippen LogP contribution is -1.96. The topological polar surface area (TPSA) is 22.1 Å². The van der Waals surface area contributed by atoms with E-state index in [1.54, 1.807) is 24.5 Å². The smallest absolute Gasteiger partial charge is 0.139 e. The Bertz CT molecular complexity index is 577. The van der Waals surface area contributed by atoms with Crippen molar-refractivity contribution in [1.29, 1.82) is 0 Å². The molecule has 18 heavy (non-hydrogen) atoms. The van der Waals surface area contributed by atoms with Gasteiger partial charge in [0.1, 0.15) is 12.4 Å². The minimum atomic E-state index is 0.351. The summed E-state index contributed by atoms with van der Waals surface area (Å²) < 4.78 is 6.47. The molecular formula is C12H7BrCl3NO. The van der Waals surface area contributed by atoms with Gasteiger partial charge in [0, 0.05) is 28.5 Å². The summed E-state index contributed by atoms with van der Waals surface area (Å²) in [6.07, 6.45) is 3.42. The molecular weight excluding hydrogens is 360 g/mol. The molecule has 0 atom stereocenters. The second-order valence-electron chi connectivity index (χ2n) is 3.50. The summed E-state index contributed by atoms with van der Waals surface area (Å²) in [6, 6.07) is 5.07. The van der Waals surface area contributed by atoms with E-state index in [4.69, 9.17) is 39.5 Å². The Morgan fingerprint density at radius 3 is 2.44 bits per heavy atom. The summed E-state index contributed by atoms with van der Waals surface area (Å²) in [5, 5.41) is 1.23. The summed E-state index contributed by atoms with van der Waals surface area (Å²) in [6.45, 7) is 0.351. The van der Waals surface area contributed by atoms with Crippen molar-refractivity contribution in [1.82, 2.24) is 4.98 Å². The van der Waals surface area contributed by atoms with Gasteiger partial charge in [-0.15, -0.1) is 0 Å². The Morgan fingerprint density at radius 1 is 1.00 bits per heavy atom. The predicted octanol–water partition coefficient (Wildman–Crippen LogP) is 5.38.